The number of nitrogens with one attached hydrogen (secondary N) is 3. The molecule has 9 heteroatoms. The van der Waals surface area contributed by atoms with Crippen molar-refractivity contribution in [2.45, 2.75) is 33.1 Å². The molecule has 0 heterocycles. The van der Waals surface area contributed by atoms with Crippen LogP contribution in [0, 0.1) is 5.82 Å². The maximum atomic E-state index is 14.0. The quantitative estimate of drug-likeness (QED) is 0.385. The minimum atomic E-state index is -1.36. The van der Waals surface area contributed by atoms with Crippen LogP contribution < -0.4 is 25.4 Å². The van der Waals surface area contributed by atoms with Crippen molar-refractivity contribution in [3.63, 3.8) is 0 Å². The number of carbonyl (C=O) groups excluding carboxylic acids is 1. The van der Waals surface area contributed by atoms with E-state index < -0.39 is 11.9 Å². The Balaban J connectivity index is 2.08. The number of ether oxygens (including phenoxy) is 2. The summed E-state index contributed by atoms with van der Waals surface area (Å²) in [6, 6.07) is 8.29. The average molecular weight is 419 g/mol. The second kappa shape index (κ2) is 11.5. The fourth-order valence-electron chi connectivity index (χ4n) is 2.59. The van der Waals surface area contributed by atoms with Crippen LogP contribution >= 0.6 is 0 Å². The van der Waals surface area contributed by atoms with Crippen molar-refractivity contribution in [2.24, 2.45) is 0 Å². The van der Waals surface area contributed by atoms with Crippen molar-refractivity contribution in [1.29, 1.82) is 0 Å². The molecule has 4 N–H and O–H groups in total. The number of carbonyl (C=O) groups is 2. The first-order valence-electron chi connectivity index (χ1n) is 9.72. The fraction of sp³-hybridized carbons (Fsp3) is 0.333. The lowest BCUT2D eigenvalue weighted by Gasteiger charge is -2.14. The average Bonchev–Trinajstić information content (AvgIpc) is 2.69. The predicted molar refractivity (Wildman–Crippen MR) is 112 cm³/mol. The van der Waals surface area contributed by atoms with Gasteiger partial charge in [-0.15, -0.1) is 0 Å². The normalized spacial score (nSPS) is 10.2. The van der Waals surface area contributed by atoms with E-state index in [-0.39, 0.29) is 17.5 Å². The van der Waals surface area contributed by atoms with Gasteiger partial charge in [0.2, 0.25) is 0 Å². The smallest absolute Gasteiger partial charge is 0.409 e. The van der Waals surface area contributed by atoms with Gasteiger partial charge in [-0.1, -0.05) is 19.8 Å². The van der Waals surface area contributed by atoms with Crippen LogP contribution in [-0.2, 0) is 0 Å². The number of carboxylic acid groups (broad SMARTS) is 1. The van der Waals surface area contributed by atoms with Gasteiger partial charge in [-0.05, 0) is 37.6 Å². The van der Waals surface area contributed by atoms with E-state index in [1.807, 2.05) is 5.32 Å². The third kappa shape index (κ3) is 7.16. The number of urea groups is 1. The van der Waals surface area contributed by atoms with Crippen LogP contribution in [0.4, 0.5) is 25.4 Å². The van der Waals surface area contributed by atoms with Gasteiger partial charge < -0.3 is 25.2 Å². The minimum absolute atomic E-state index is 0.166. The number of amides is 3. The molecule has 30 heavy (non-hydrogen) atoms. The molecule has 0 radical (unpaired) electrons. The van der Waals surface area contributed by atoms with Gasteiger partial charge in [0.05, 0.1) is 12.3 Å². The Morgan fingerprint density at radius 2 is 1.83 bits per heavy atom. The molecule has 0 bridgehead atoms. The van der Waals surface area contributed by atoms with Crippen molar-refractivity contribution in [1.82, 2.24) is 5.32 Å². The lowest BCUT2D eigenvalue weighted by molar-refractivity contribution is 0.209. The van der Waals surface area contributed by atoms with Crippen LogP contribution in [-0.4, -0.2) is 30.4 Å². The van der Waals surface area contributed by atoms with E-state index in [1.54, 1.807) is 25.1 Å². The molecule has 0 aliphatic heterocycles. The van der Waals surface area contributed by atoms with Crippen molar-refractivity contribution >= 4 is 23.5 Å². The van der Waals surface area contributed by atoms with Gasteiger partial charge >= 0.3 is 12.1 Å². The Kier molecular flexibility index (Phi) is 8.74. The van der Waals surface area contributed by atoms with Crippen LogP contribution in [0.5, 0.6) is 17.2 Å². The Bertz CT molecular complexity index is 876. The van der Waals surface area contributed by atoms with Gasteiger partial charge in [0.15, 0.2) is 17.3 Å². The largest absolute Gasteiger partial charge is 0.490 e. The summed E-state index contributed by atoms with van der Waals surface area (Å²) in [4.78, 5) is 22.6. The summed E-state index contributed by atoms with van der Waals surface area (Å²) in [5.41, 5.74) is 0.343. The van der Waals surface area contributed by atoms with E-state index in [0.717, 1.165) is 25.3 Å². The van der Waals surface area contributed by atoms with Gasteiger partial charge in [-0.3, -0.25) is 5.32 Å². The number of benzene rings is 2. The summed E-state index contributed by atoms with van der Waals surface area (Å²) in [7, 11) is 0. The number of unbranched alkanes of at least 4 members (excludes halogenated alkanes) is 2. The summed E-state index contributed by atoms with van der Waals surface area (Å²) < 4.78 is 25.3. The molecule has 0 aliphatic rings. The Hall–Kier alpha value is -3.49. The molecular formula is C21H26FN3O5. The Morgan fingerprint density at radius 3 is 2.50 bits per heavy atom. The summed E-state index contributed by atoms with van der Waals surface area (Å²) in [5.74, 6) is 0.0863. The molecule has 0 aliphatic carbocycles. The summed E-state index contributed by atoms with van der Waals surface area (Å²) >= 11 is 0. The van der Waals surface area contributed by atoms with E-state index in [2.05, 4.69) is 17.6 Å². The molecule has 0 atom stereocenters. The van der Waals surface area contributed by atoms with Gasteiger partial charge in [0, 0.05) is 24.4 Å². The number of hydrogen-bond donors (Lipinski definition) is 4. The number of rotatable bonds is 10. The zero-order valence-electron chi connectivity index (χ0n) is 17.0. The molecule has 8 nitrogen and oxygen atoms in total. The molecule has 0 saturated heterocycles. The highest BCUT2D eigenvalue weighted by atomic mass is 19.1. The second-order valence-corrected chi connectivity index (χ2v) is 6.36. The SMILES string of the molecule is CCCCCNC(=O)Nc1ccc(Oc2ccc(NC(=O)O)c(F)c2)c(OCC)c1. The molecule has 2 aromatic rings. The molecule has 162 valence electrons. The third-order valence-corrected chi connectivity index (χ3v) is 3.98. The van der Waals surface area contributed by atoms with Gasteiger partial charge in [-0.2, -0.15) is 0 Å². The van der Waals surface area contributed by atoms with E-state index in [4.69, 9.17) is 14.6 Å². The molecule has 3 amide bonds. The predicted octanol–water partition coefficient (Wildman–Crippen LogP) is 5.42. The maximum absolute atomic E-state index is 14.0. The lowest BCUT2D eigenvalue weighted by Crippen LogP contribution is -2.29. The molecule has 0 aromatic heterocycles. The molecule has 0 spiro atoms. The molecule has 0 saturated carbocycles. The van der Waals surface area contributed by atoms with Crippen LogP contribution in [0.2, 0.25) is 0 Å². The topological polar surface area (TPSA) is 109 Å². The van der Waals surface area contributed by atoms with Crippen molar-refractivity contribution in [3.8, 4) is 17.2 Å². The van der Waals surface area contributed by atoms with Crippen LogP contribution in [0.25, 0.3) is 0 Å². The molecule has 0 unspecified atom stereocenters. The Labute approximate surface area is 174 Å². The zero-order valence-corrected chi connectivity index (χ0v) is 17.0. The Morgan fingerprint density at radius 1 is 1.03 bits per heavy atom. The van der Waals surface area contributed by atoms with E-state index in [1.165, 1.54) is 12.1 Å². The van der Waals surface area contributed by atoms with Crippen LogP contribution in [0.3, 0.4) is 0 Å². The van der Waals surface area contributed by atoms with Gasteiger partial charge in [-0.25, -0.2) is 14.0 Å². The standard InChI is InChI=1S/C21H26FN3O5/c1-3-5-6-11-23-20(26)24-14-7-10-18(19(12-14)29-4-2)30-15-8-9-17(16(22)13-15)25-21(27)28/h7-10,12-13,25H,3-6,11H2,1-2H3,(H,27,28)(H2,23,24,26). The molecule has 2 aromatic carbocycles. The zero-order chi connectivity index (χ0) is 21.9. The fourth-order valence-corrected chi connectivity index (χ4v) is 2.59. The molecule has 2 rings (SSSR count). The van der Waals surface area contributed by atoms with Crippen molar-refractivity contribution in [3.05, 3.63) is 42.2 Å². The minimum Gasteiger partial charge on any atom is -0.490 e. The van der Waals surface area contributed by atoms with Crippen molar-refractivity contribution < 1.29 is 28.6 Å². The van der Waals surface area contributed by atoms with E-state index in [9.17, 15) is 14.0 Å². The summed E-state index contributed by atoms with van der Waals surface area (Å²) in [5, 5.41) is 16.2. The van der Waals surface area contributed by atoms with E-state index in [0.29, 0.717) is 30.3 Å². The van der Waals surface area contributed by atoms with E-state index >= 15 is 0 Å². The first-order chi connectivity index (χ1) is 14.4. The molecular weight excluding hydrogens is 393 g/mol. The first-order valence-corrected chi connectivity index (χ1v) is 9.72. The number of anilines is 2. The lowest BCUT2D eigenvalue weighted by atomic mass is 10.2. The highest BCUT2D eigenvalue weighted by Crippen LogP contribution is 2.35. The maximum Gasteiger partial charge on any atom is 0.409 e. The number of halogens is 1. The van der Waals surface area contributed by atoms with Crippen LogP contribution in [0.1, 0.15) is 33.1 Å². The highest BCUT2D eigenvalue weighted by Gasteiger charge is 2.12. The highest BCUT2D eigenvalue weighted by molar-refractivity contribution is 5.89. The van der Waals surface area contributed by atoms with Gasteiger partial charge in [0.1, 0.15) is 5.75 Å². The summed E-state index contributed by atoms with van der Waals surface area (Å²) in [6.45, 7) is 4.85. The van der Waals surface area contributed by atoms with Crippen LogP contribution in [0.15, 0.2) is 36.4 Å². The number of hydrogen-bond acceptors (Lipinski definition) is 4. The second-order valence-electron chi connectivity index (χ2n) is 6.36. The third-order valence-electron chi connectivity index (χ3n) is 3.98. The first kappa shape index (κ1) is 22.8. The van der Waals surface area contributed by atoms with Gasteiger partial charge in [0.25, 0.3) is 0 Å². The monoisotopic (exact) mass is 419 g/mol. The summed E-state index contributed by atoms with van der Waals surface area (Å²) in [6.07, 6.45) is 1.68. The van der Waals surface area contributed by atoms with Crippen molar-refractivity contribution in [2.75, 3.05) is 23.8 Å². The molecule has 0 fully saturated rings.